The molecule has 1 heterocycles. The third-order valence-corrected chi connectivity index (χ3v) is 3.02. The predicted octanol–water partition coefficient (Wildman–Crippen LogP) is 2.66. The molecule has 108 valence electrons. The van der Waals surface area contributed by atoms with E-state index in [-0.39, 0.29) is 11.4 Å². The highest BCUT2D eigenvalue weighted by Gasteiger charge is 2.10. The number of halogens is 1. The number of hydrogen-bond donors (Lipinski definition) is 1. The van der Waals surface area contributed by atoms with E-state index in [4.69, 9.17) is 0 Å². The molecule has 0 spiro atoms. The van der Waals surface area contributed by atoms with E-state index >= 15 is 0 Å². The largest absolute Gasteiger partial charge is 0.306 e. The second-order valence-corrected chi connectivity index (χ2v) is 6.08. The van der Waals surface area contributed by atoms with Crippen molar-refractivity contribution in [1.82, 2.24) is 20.3 Å². The van der Waals surface area contributed by atoms with Crippen LogP contribution >= 0.6 is 0 Å². The standard InChI is InChI=1S/C15H21FN4/c1-11-7-13(16)6-5-12(11)9-20-10-14(18-19-20)8-17-15(2,3)4/h5-7,10,17H,8-9H2,1-4H3. The summed E-state index contributed by atoms with van der Waals surface area (Å²) in [6.45, 7) is 9.52. The molecule has 2 rings (SSSR count). The molecule has 5 heteroatoms. The molecule has 20 heavy (non-hydrogen) atoms. The molecule has 4 nitrogen and oxygen atoms in total. The van der Waals surface area contributed by atoms with Crippen molar-refractivity contribution in [3.8, 4) is 0 Å². The molecule has 1 aromatic carbocycles. The van der Waals surface area contributed by atoms with Gasteiger partial charge in [0.05, 0.1) is 18.4 Å². The summed E-state index contributed by atoms with van der Waals surface area (Å²) in [7, 11) is 0. The first kappa shape index (κ1) is 14.7. The Morgan fingerprint density at radius 3 is 2.70 bits per heavy atom. The number of rotatable bonds is 4. The smallest absolute Gasteiger partial charge is 0.123 e. The summed E-state index contributed by atoms with van der Waals surface area (Å²) in [5, 5.41) is 11.6. The van der Waals surface area contributed by atoms with Gasteiger partial charge in [0.15, 0.2) is 0 Å². The summed E-state index contributed by atoms with van der Waals surface area (Å²) in [4.78, 5) is 0. The Morgan fingerprint density at radius 2 is 2.05 bits per heavy atom. The van der Waals surface area contributed by atoms with Crippen molar-refractivity contribution in [3.63, 3.8) is 0 Å². The van der Waals surface area contributed by atoms with Crippen LogP contribution in [0, 0.1) is 12.7 Å². The molecular formula is C15H21FN4. The van der Waals surface area contributed by atoms with Crippen molar-refractivity contribution < 1.29 is 4.39 Å². The molecular weight excluding hydrogens is 255 g/mol. The molecule has 0 aliphatic rings. The van der Waals surface area contributed by atoms with E-state index in [1.807, 2.05) is 13.1 Å². The molecule has 0 unspecified atom stereocenters. The summed E-state index contributed by atoms with van der Waals surface area (Å²) < 4.78 is 14.8. The zero-order valence-corrected chi connectivity index (χ0v) is 12.4. The minimum atomic E-state index is -0.208. The second-order valence-electron chi connectivity index (χ2n) is 6.08. The number of nitrogens with zero attached hydrogens (tertiary/aromatic N) is 3. The van der Waals surface area contributed by atoms with Gasteiger partial charge in [0.2, 0.25) is 0 Å². The highest BCUT2D eigenvalue weighted by Crippen LogP contribution is 2.11. The molecule has 2 aromatic rings. The lowest BCUT2D eigenvalue weighted by Gasteiger charge is -2.19. The second kappa shape index (κ2) is 5.71. The molecule has 0 aliphatic carbocycles. The van der Waals surface area contributed by atoms with E-state index < -0.39 is 0 Å². The maximum atomic E-state index is 13.1. The Morgan fingerprint density at radius 1 is 1.30 bits per heavy atom. The van der Waals surface area contributed by atoms with E-state index in [2.05, 4.69) is 36.4 Å². The van der Waals surface area contributed by atoms with Crippen molar-refractivity contribution in [1.29, 1.82) is 0 Å². The summed E-state index contributed by atoms with van der Waals surface area (Å²) in [6.07, 6.45) is 1.92. The van der Waals surface area contributed by atoms with Crippen LogP contribution in [-0.2, 0) is 13.1 Å². The Labute approximate surface area is 119 Å². The van der Waals surface area contributed by atoms with Crippen LogP contribution in [0.3, 0.4) is 0 Å². The van der Waals surface area contributed by atoms with Crippen LogP contribution in [0.15, 0.2) is 24.4 Å². The van der Waals surface area contributed by atoms with Gasteiger partial charge in [0.25, 0.3) is 0 Å². The quantitative estimate of drug-likeness (QED) is 0.933. The van der Waals surface area contributed by atoms with Crippen LogP contribution < -0.4 is 5.32 Å². The van der Waals surface area contributed by atoms with E-state index in [1.54, 1.807) is 10.7 Å². The van der Waals surface area contributed by atoms with Crippen molar-refractivity contribution in [2.75, 3.05) is 0 Å². The maximum Gasteiger partial charge on any atom is 0.123 e. The zero-order chi connectivity index (χ0) is 14.8. The fourth-order valence-corrected chi connectivity index (χ4v) is 1.86. The summed E-state index contributed by atoms with van der Waals surface area (Å²) in [5.74, 6) is -0.208. The number of hydrogen-bond acceptors (Lipinski definition) is 3. The summed E-state index contributed by atoms with van der Waals surface area (Å²) in [6, 6.07) is 4.80. The van der Waals surface area contributed by atoms with E-state index in [0.29, 0.717) is 13.1 Å². The molecule has 0 atom stereocenters. The zero-order valence-electron chi connectivity index (χ0n) is 12.4. The minimum Gasteiger partial charge on any atom is -0.306 e. The topological polar surface area (TPSA) is 42.7 Å². The molecule has 0 aliphatic heterocycles. The van der Waals surface area contributed by atoms with Gasteiger partial charge in [0, 0.05) is 12.1 Å². The van der Waals surface area contributed by atoms with Crippen LogP contribution in [0.1, 0.15) is 37.6 Å². The van der Waals surface area contributed by atoms with Crippen LogP contribution in [0.5, 0.6) is 0 Å². The first-order valence-corrected chi connectivity index (χ1v) is 6.72. The van der Waals surface area contributed by atoms with E-state index in [9.17, 15) is 4.39 Å². The van der Waals surface area contributed by atoms with Gasteiger partial charge in [-0.25, -0.2) is 9.07 Å². The Bertz CT molecular complexity index is 584. The highest BCUT2D eigenvalue weighted by molar-refractivity contribution is 5.26. The van der Waals surface area contributed by atoms with Crippen LogP contribution in [0.25, 0.3) is 0 Å². The predicted molar refractivity (Wildman–Crippen MR) is 76.9 cm³/mol. The van der Waals surface area contributed by atoms with Gasteiger partial charge in [0.1, 0.15) is 5.82 Å². The van der Waals surface area contributed by atoms with Gasteiger partial charge in [-0.1, -0.05) is 11.3 Å². The van der Waals surface area contributed by atoms with E-state index in [1.165, 1.54) is 12.1 Å². The van der Waals surface area contributed by atoms with Gasteiger partial charge in [-0.15, -0.1) is 5.10 Å². The molecule has 1 N–H and O–H groups in total. The maximum absolute atomic E-state index is 13.1. The van der Waals surface area contributed by atoms with Gasteiger partial charge >= 0.3 is 0 Å². The lowest BCUT2D eigenvalue weighted by atomic mass is 10.1. The van der Waals surface area contributed by atoms with Crippen molar-refractivity contribution in [2.45, 2.75) is 46.3 Å². The third-order valence-electron chi connectivity index (χ3n) is 3.02. The molecule has 0 radical (unpaired) electrons. The monoisotopic (exact) mass is 276 g/mol. The van der Waals surface area contributed by atoms with Crippen LogP contribution in [-0.4, -0.2) is 20.5 Å². The fourth-order valence-electron chi connectivity index (χ4n) is 1.86. The first-order valence-electron chi connectivity index (χ1n) is 6.72. The number of aryl methyl sites for hydroxylation is 1. The molecule has 0 fully saturated rings. The molecule has 0 amide bonds. The Hall–Kier alpha value is -1.75. The third kappa shape index (κ3) is 4.13. The average Bonchev–Trinajstić information content (AvgIpc) is 2.77. The fraction of sp³-hybridized carbons (Fsp3) is 0.467. The van der Waals surface area contributed by atoms with Crippen LogP contribution in [0.4, 0.5) is 4.39 Å². The minimum absolute atomic E-state index is 0.0529. The van der Waals surface area contributed by atoms with Crippen molar-refractivity contribution >= 4 is 0 Å². The number of benzene rings is 1. The molecule has 1 aromatic heterocycles. The number of nitrogens with one attached hydrogen (secondary N) is 1. The summed E-state index contributed by atoms with van der Waals surface area (Å²) in [5.41, 5.74) is 2.93. The van der Waals surface area contributed by atoms with Gasteiger partial charge in [-0.2, -0.15) is 0 Å². The summed E-state index contributed by atoms with van der Waals surface area (Å²) >= 11 is 0. The first-order chi connectivity index (χ1) is 9.33. The van der Waals surface area contributed by atoms with Gasteiger partial charge in [-0.3, -0.25) is 0 Å². The SMILES string of the molecule is Cc1cc(F)ccc1Cn1cc(CNC(C)(C)C)nn1. The van der Waals surface area contributed by atoms with Crippen molar-refractivity contribution in [2.24, 2.45) is 0 Å². The average molecular weight is 276 g/mol. The van der Waals surface area contributed by atoms with Crippen molar-refractivity contribution in [3.05, 3.63) is 47.0 Å². The lowest BCUT2D eigenvalue weighted by molar-refractivity contribution is 0.421. The number of aromatic nitrogens is 3. The van der Waals surface area contributed by atoms with E-state index in [0.717, 1.165) is 16.8 Å². The van der Waals surface area contributed by atoms with Crippen LogP contribution in [0.2, 0.25) is 0 Å². The highest BCUT2D eigenvalue weighted by atomic mass is 19.1. The van der Waals surface area contributed by atoms with Gasteiger partial charge in [-0.05, 0) is 51.0 Å². The lowest BCUT2D eigenvalue weighted by Crippen LogP contribution is -2.35. The molecule has 0 bridgehead atoms. The normalized spacial score (nSPS) is 11.8. The molecule has 0 saturated heterocycles. The Balaban J connectivity index is 2.02. The molecule has 0 saturated carbocycles. The van der Waals surface area contributed by atoms with Gasteiger partial charge < -0.3 is 5.32 Å². The Kier molecular flexibility index (Phi) is 4.18.